The SMILES string of the molecule is Cc1ncc(-c2cc(N)n3ncc(-c4cnc5ccccc5c4)c3n2)[nH]1. The Morgan fingerprint density at radius 3 is 2.77 bits per heavy atom. The van der Waals surface area contributed by atoms with Gasteiger partial charge in [0, 0.05) is 28.8 Å². The van der Waals surface area contributed by atoms with Crippen LogP contribution in [0.25, 0.3) is 39.1 Å². The molecule has 0 aliphatic carbocycles. The number of anilines is 1. The van der Waals surface area contributed by atoms with E-state index in [1.807, 2.05) is 37.4 Å². The molecule has 0 spiro atoms. The van der Waals surface area contributed by atoms with Gasteiger partial charge in [-0.3, -0.25) is 4.98 Å². The lowest BCUT2D eigenvalue weighted by molar-refractivity contribution is 0.953. The molecule has 0 aliphatic rings. The molecule has 5 rings (SSSR count). The van der Waals surface area contributed by atoms with Gasteiger partial charge < -0.3 is 10.7 Å². The van der Waals surface area contributed by atoms with Gasteiger partial charge in [-0.2, -0.15) is 9.61 Å². The first kappa shape index (κ1) is 14.6. The number of nitrogens with one attached hydrogen (secondary N) is 1. The van der Waals surface area contributed by atoms with E-state index < -0.39 is 0 Å². The second-order valence-corrected chi connectivity index (χ2v) is 6.16. The smallest absolute Gasteiger partial charge is 0.165 e. The Bertz CT molecular complexity index is 1270. The normalized spacial score (nSPS) is 11.4. The molecule has 7 nitrogen and oxygen atoms in total. The lowest BCUT2D eigenvalue weighted by Crippen LogP contribution is -2.01. The van der Waals surface area contributed by atoms with E-state index in [9.17, 15) is 0 Å². The molecule has 0 saturated heterocycles. The summed E-state index contributed by atoms with van der Waals surface area (Å²) in [6, 6.07) is 11.9. The number of rotatable bonds is 2. The van der Waals surface area contributed by atoms with E-state index in [2.05, 4.69) is 26.1 Å². The molecule has 1 aromatic carbocycles. The molecule has 4 aromatic heterocycles. The lowest BCUT2D eigenvalue weighted by Gasteiger charge is -2.05. The molecule has 0 atom stereocenters. The Morgan fingerprint density at radius 1 is 1.04 bits per heavy atom. The van der Waals surface area contributed by atoms with Crippen LogP contribution in [0.15, 0.2) is 55.0 Å². The molecule has 0 unspecified atom stereocenters. The molecular formula is C19H15N7. The van der Waals surface area contributed by atoms with Crippen LogP contribution in [0.5, 0.6) is 0 Å². The highest BCUT2D eigenvalue weighted by Crippen LogP contribution is 2.28. The Labute approximate surface area is 148 Å². The minimum absolute atomic E-state index is 0.511. The predicted molar refractivity (Wildman–Crippen MR) is 100 cm³/mol. The molecular weight excluding hydrogens is 326 g/mol. The maximum atomic E-state index is 6.19. The number of hydrogen-bond acceptors (Lipinski definition) is 5. The number of aromatic nitrogens is 6. The van der Waals surface area contributed by atoms with Gasteiger partial charge in [-0.1, -0.05) is 18.2 Å². The number of para-hydroxylation sites is 1. The zero-order valence-electron chi connectivity index (χ0n) is 14.0. The van der Waals surface area contributed by atoms with Crippen molar-refractivity contribution in [3.8, 4) is 22.5 Å². The molecule has 126 valence electrons. The van der Waals surface area contributed by atoms with Gasteiger partial charge in [0.2, 0.25) is 0 Å². The first-order valence-electron chi connectivity index (χ1n) is 8.20. The highest BCUT2D eigenvalue weighted by molar-refractivity contribution is 5.87. The third kappa shape index (κ3) is 2.21. The van der Waals surface area contributed by atoms with Crippen LogP contribution < -0.4 is 5.73 Å². The van der Waals surface area contributed by atoms with Crippen LogP contribution in [-0.4, -0.2) is 29.5 Å². The third-order valence-electron chi connectivity index (χ3n) is 4.38. The van der Waals surface area contributed by atoms with Gasteiger partial charge in [-0.05, 0) is 19.1 Å². The summed E-state index contributed by atoms with van der Waals surface area (Å²) in [6.07, 6.45) is 5.36. The van der Waals surface area contributed by atoms with Crippen molar-refractivity contribution in [1.82, 2.24) is 29.5 Å². The summed E-state index contributed by atoms with van der Waals surface area (Å²) >= 11 is 0. The number of imidazole rings is 1. The molecule has 4 heterocycles. The van der Waals surface area contributed by atoms with Crippen molar-refractivity contribution in [3.63, 3.8) is 0 Å². The number of fused-ring (bicyclic) bond motifs is 2. The Hall–Kier alpha value is -3.74. The van der Waals surface area contributed by atoms with Crippen LogP contribution in [0.2, 0.25) is 0 Å². The molecule has 0 aliphatic heterocycles. The number of aryl methyl sites for hydroxylation is 1. The van der Waals surface area contributed by atoms with Gasteiger partial charge in [0.1, 0.15) is 11.6 Å². The van der Waals surface area contributed by atoms with E-state index in [1.165, 1.54) is 0 Å². The van der Waals surface area contributed by atoms with Crippen LogP contribution in [0.3, 0.4) is 0 Å². The fourth-order valence-corrected chi connectivity index (χ4v) is 3.10. The molecule has 5 aromatic rings. The average Bonchev–Trinajstić information content (AvgIpc) is 3.28. The molecule has 0 amide bonds. The van der Waals surface area contributed by atoms with Gasteiger partial charge in [0.25, 0.3) is 0 Å². The van der Waals surface area contributed by atoms with Crippen molar-refractivity contribution in [2.75, 3.05) is 5.73 Å². The predicted octanol–water partition coefficient (Wildman–Crippen LogP) is 3.23. The Morgan fingerprint density at radius 2 is 1.92 bits per heavy atom. The zero-order valence-corrected chi connectivity index (χ0v) is 14.0. The second kappa shape index (κ2) is 5.38. The summed E-state index contributed by atoms with van der Waals surface area (Å²) in [6.45, 7) is 1.90. The minimum Gasteiger partial charge on any atom is -0.384 e. The molecule has 26 heavy (non-hydrogen) atoms. The van der Waals surface area contributed by atoms with Crippen LogP contribution >= 0.6 is 0 Å². The van der Waals surface area contributed by atoms with Crippen molar-refractivity contribution >= 4 is 22.4 Å². The van der Waals surface area contributed by atoms with Crippen molar-refractivity contribution < 1.29 is 0 Å². The summed E-state index contributed by atoms with van der Waals surface area (Å²) in [4.78, 5) is 16.7. The second-order valence-electron chi connectivity index (χ2n) is 6.16. The topological polar surface area (TPSA) is 97.8 Å². The Kier molecular flexibility index (Phi) is 3.02. The van der Waals surface area contributed by atoms with Gasteiger partial charge in [-0.15, -0.1) is 0 Å². The molecule has 0 radical (unpaired) electrons. The molecule has 7 heteroatoms. The van der Waals surface area contributed by atoms with Crippen LogP contribution in [0.4, 0.5) is 5.82 Å². The minimum atomic E-state index is 0.511. The summed E-state index contributed by atoms with van der Waals surface area (Å²) in [5, 5.41) is 5.46. The quantitative estimate of drug-likeness (QED) is 0.514. The van der Waals surface area contributed by atoms with Gasteiger partial charge in [-0.25, -0.2) is 9.97 Å². The Balaban J connectivity index is 1.73. The number of benzene rings is 1. The highest BCUT2D eigenvalue weighted by atomic mass is 15.3. The van der Waals surface area contributed by atoms with Crippen molar-refractivity contribution in [2.45, 2.75) is 6.92 Å². The largest absolute Gasteiger partial charge is 0.384 e. The first-order chi connectivity index (χ1) is 12.7. The van der Waals surface area contributed by atoms with E-state index in [1.54, 1.807) is 23.0 Å². The monoisotopic (exact) mass is 341 g/mol. The van der Waals surface area contributed by atoms with Gasteiger partial charge >= 0.3 is 0 Å². The molecule has 3 N–H and O–H groups in total. The molecule has 0 bridgehead atoms. The number of pyridine rings is 1. The van der Waals surface area contributed by atoms with Crippen LogP contribution in [-0.2, 0) is 0 Å². The van der Waals surface area contributed by atoms with Crippen LogP contribution in [0, 0.1) is 6.92 Å². The van der Waals surface area contributed by atoms with E-state index in [-0.39, 0.29) is 0 Å². The van der Waals surface area contributed by atoms with E-state index in [4.69, 9.17) is 10.7 Å². The zero-order chi connectivity index (χ0) is 17.7. The lowest BCUT2D eigenvalue weighted by atomic mass is 10.1. The first-order valence-corrected chi connectivity index (χ1v) is 8.20. The fourth-order valence-electron chi connectivity index (χ4n) is 3.10. The number of hydrogen-bond donors (Lipinski definition) is 2. The number of nitrogens with zero attached hydrogens (tertiary/aromatic N) is 5. The standard InChI is InChI=1S/C19H15N7/c1-11-21-10-17(24-11)16-7-18(20)26-19(25-16)14(9-23-26)13-6-12-4-2-3-5-15(12)22-8-13/h2-10H,20H2,1H3,(H,21,24). The number of nitrogens with two attached hydrogens (primary N) is 1. The summed E-state index contributed by atoms with van der Waals surface area (Å²) in [5.74, 6) is 1.34. The van der Waals surface area contributed by atoms with Crippen molar-refractivity contribution in [3.05, 3.63) is 60.8 Å². The number of aromatic amines is 1. The van der Waals surface area contributed by atoms with E-state index in [0.717, 1.165) is 39.2 Å². The van der Waals surface area contributed by atoms with Crippen molar-refractivity contribution in [2.24, 2.45) is 0 Å². The fraction of sp³-hybridized carbons (Fsp3) is 0.0526. The third-order valence-corrected chi connectivity index (χ3v) is 4.38. The summed E-state index contributed by atoms with van der Waals surface area (Å²) in [7, 11) is 0. The van der Waals surface area contributed by atoms with E-state index in [0.29, 0.717) is 11.5 Å². The van der Waals surface area contributed by atoms with E-state index >= 15 is 0 Å². The maximum Gasteiger partial charge on any atom is 0.165 e. The summed E-state index contributed by atoms with van der Waals surface area (Å²) in [5.41, 5.74) is 11.2. The number of H-pyrrole nitrogens is 1. The van der Waals surface area contributed by atoms with Crippen LogP contribution in [0.1, 0.15) is 5.82 Å². The highest BCUT2D eigenvalue weighted by Gasteiger charge is 2.14. The summed E-state index contributed by atoms with van der Waals surface area (Å²) < 4.78 is 1.64. The van der Waals surface area contributed by atoms with Gasteiger partial charge in [0.05, 0.1) is 29.3 Å². The molecule has 0 saturated carbocycles. The average molecular weight is 341 g/mol. The van der Waals surface area contributed by atoms with Gasteiger partial charge in [0.15, 0.2) is 5.65 Å². The molecule has 0 fully saturated rings. The number of nitrogen functional groups attached to an aromatic ring is 1. The maximum absolute atomic E-state index is 6.19. The van der Waals surface area contributed by atoms with Crippen molar-refractivity contribution in [1.29, 1.82) is 0 Å².